The van der Waals surface area contributed by atoms with Crippen molar-refractivity contribution in [3.05, 3.63) is 45.1 Å². The van der Waals surface area contributed by atoms with Gasteiger partial charge in [0.1, 0.15) is 0 Å². The second-order valence-corrected chi connectivity index (χ2v) is 8.47. The number of fused-ring (bicyclic) bond motifs is 1. The number of hydrogen-bond acceptors (Lipinski definition) is 4. The topological polar surface area (TPSA) is 35.6 Å². The molecule has 1 amide bonds. The van der Waals surface area contributed by atoms with Crippen molar-refractivity contribution >= 4 is 28.6 Å². The molecule has 1 N–H and O–H groups in total. The summed E-state index contributed by atoms with van der Waals surface area (Å²) >= 11 is 1.75. The van der Waals surface area contributed by atoms with Crippen LogP contribution in [-0.2, 0) is 12.8 Å². The number of carbonyl (C=O) groups is 1. The molecule has 2 aromatic rings. The molecule has 1 saturated heterocycles. The van der Waals surface area contributed by atoms with Crippen LogP contribution < -0.4 is 10.2 Å². The molecule has 1 fully saturated rings. The van der Waals surface area contributed by atoms with Gasteiger partial charge in [-0.3, -0.25) is 4.79 Å². The van der Waals surface area contributed by atoms with E-state index in [2.05, 4.69) is 47.3 Å². The van der Waals surface area contributed by atoms with Gasteiger partial charge < -0.3 is 15.1 Å². The number of nitrogens with one attached hydrogen (secondary N) is 1. The summed E-state index contributed by atoms with van der Waals surface area (Å²) < 4.78 is 0. The van der Waals surface area contributed by atoms with E-state index in [0.29, 0.717) is 0 Å². The predicted octanol–water partition coefficient (Wildman–Crippen LogP) is 3.94. The Morgan fingerprint density at radius 3 is 2.65 bits per heavy atom. The van der Waals surface area contributed by atoms with Crippen LogP contribution >= 0.6 is 11.3 Å². The number of aryl methyl sites for hydroxylation is 2. The Kier molecular flexibility index (Phi) is 5.00. The number of benzene rings is 1. The Labute approximate surface area is 159 Å². The van der Waals surface area contributed by atoms with Gasteiger partial charge in [-0.1, -0.05) is 0 Å². The highest BCUT2D eigenvalue weighted by Gasteiger charge is 2.21. The van der Waals surface area contributed by atoms with Crippen molar-refractivity contribution in [1.82, 2.24) is 4.90 Å². The Bertz CT molecular complexity index is 806. The van der Waals surface area contributed by atoms with Gasteiger partial charge in [-0.15, -0.1) is 11.3 Å². The van der Waals surface area contributed by atoms with Gasteiger partial charge in [0.2, 0.25) is 0 Å². The molecule has 26 heavy (non-hydrogen) atoms. The molecule has 0 saturated carbocycles. The largest absolute Gasteiger partial charge is 0.369 e. The highest BCUT2D eigenvalue weighted by molar-refractivity contribution is 7.10. The van der Waals surface area contributed by atoms with E-state index in [1.807, 2.05) is 5.38 Å². The number of amides is 1. The van der Waals surface area contributed by atoms with E-state index in [-0.39, 0.29) is 5.91 Å². The lowest BCUT2D eigenvalue weighted by molar-refractivity contribution is 0.102. The number of rotatable bonds is 3. The van der Waals surface area contributed by atoms with Gasteiger partial charge in [0, 0.05) is 47.8 Å². The number of anilines is 2. The van der Waals surface area contributed by atoms with Crippen molar-refractivity contribution in [3.63, 3.8) is 0 Å². The number of hydrogen-bond donors (Lipinski definition) is 1. The van der Waals surface area contributed by atoms with Crippen LogP contribution in [0.5, 0.6) is 0 Å². The molecule has 0 atom stereocenters. The molecule has 1 aromatic carbocycles. The number of piperazine rings is 1. The lowest BCUT2D eigenvalue weighted by Crippen LogP contribution is -2.44. The van der Waals surface area contributed by atoms with E-state index in [1.54, 1.807) is 11.3 Å². The van der Waals surface area contributed by atoms with E-state index in [9.17, 15) is 4.79 Å². The van der Waals surface area contributed by atoms with Crippen molar-refractivity contribution in [3.8, 4) is 0 Å². The number of nitrogens with zero attached hydrogens (tertiary/aromatic N) is 2. The van der Waals surface area contributed by atoms with Crippen molar-refractivity contribution in [2.24, 2.45) is 0 Å². The Morgan fingerprint density at radius 2 is 1.88 bits per heavy atom. The van der Waals surface area contributed by atoms with Gasteiger partial charge in [0.15, 0.2) is 0 Å². The Morgan fingerprint density at radius 1 is 1.12 bits per heavy atom. The molecular weight excluding hydrogens is 342 g/mol. The summed E-state index contributed by atoms with van der Waals surface area (Å²) in [5.74, 6) is 0.0415. The quantitative estimate of drug-likeness (QED) is 0.890. The van der Waals surface area contributed by atoms with Gasteiger partial charge in [-0.25, -0.2) is 0 Å². The molecule has 2 aliphatic rings. The lowest BCUT2D eigenvalue weighted by Gasteiger charge is -2.34. The molecular formula is C21H27N3OS. The van der Waals surface area contributed by atoms with Crippen LogP contribution in [-0.4, -0.2) is 44.0 Å². The van der Waals surface area contributed by atoms with Crippen LogP contribution in [0.15, 0.2) is 23.6 Å². The third kappa shape index (κ3) is 3.51. The van der Waals surface area contributed by atoms with Crippen molar-refractivity contribution < 1.29 is 4.79 Å². The van der Waals surface area contributed by atoms with Crippen LogP contribution in [0.4, 0.5) is 11.4 Å². The highest BCUT2D eigenvalue weighted by Crippen LogP contribution is 2.31. The number of thiophene rings is 1. The maximum absolute atomic E-state index is 12.8. The third-order valence-electron chi connectivity index (χ3n) is 5.63. The molecule has 138 valence electrons. The molecule has 1 aliphatic carbocycles. The lowest BCUT2D eigenvalue weighted by atomic mass is 9.95. The summed E-state index contributed by atoms with van der Waals surface area (Å²) in [6.07, 6.45) is 4.62. The molecule has 0 radical (unpaired) electrons. The third-order valence-corrected chi connectivity index (χ3v) is 6.72. The second kappa shape index (κ2) is 7.41. The van der Waals surface area contributed by atoms with Crippen molar-refractivity contribution in [2.75, 3.05) is 43.4 Å². The first-order valence-electron chi connectivity index (χ1n) is 9.56. The highest BCUT2D eigenvalue weighted by atomic mass is 32.1. The summed E-state index contributed by atoms with van der Waals surface area (Å²) in [5, 5.41) is 5.18. The summed E-state index contributed by atoms with van der Waals surface area (Å²) in [5.41, 5.74) is 5.46. The Balaban J connectivity index is 1.48. The molecule has 2 heterocycles. The minimum atomic E-state index is 0.0415. The van der Waals surface area contributed by atoms with Crippen LogP contribution in [0.2, 0.25) is 0 Å². The number of likely N-dealkylation sites (N-methyl/N-ethyl adjacent to an activating group) is 1. The van der Waals surface area contributed by atoms with E-state index >= 15 is 0 Å². The van der Waals surface area contributed by atoms with E-state index < -0.39 is 0 Å². The zero-order valence-electron chi connectivity index (χ0n) is 15.7. The molecule has 0 unspecified atom stereocenters. The van der Waals surface area contributed by atoms with E-state index in [4.69, 9.17) is 0 Å². The first-order chi connectivity index (χ1) is 12.6. The fourth-order valence-electron chi connectivity index (χ4n) is 3.92. The fourth-order valence-corrected chi connectivity index (χ4v) is 5.05. The monoisotopic (exact) mass is 369 g/mol. The second-order valence-electron chi connectivity index (χ2n) is 7.50. The first kappa shape index (κ1) is 17.6. The summed E-state index contributed by atoms with van der Waals surface area (Å²) in [6.45, 7) is 6.39. The number of carbonyl (C=O) groups excluding carboxylic acids is 1. The van der Waals surface area contributed by atoms with Gasteiger partial charge in [0.25, 0.3) is 5.91 Å². The summed E-state index contributed by atoms with van der Waals surface area (Å²) in [4.78, 5) is 19.0. The average molecular weight is 370 g/mol. The first-order valence-corrected chi connectivity index (χ1v) is 10.4. The maximum Gasteiger partial charge on any atom is 0.256 e. The molecule has 4 rings (SSSR count). The normalized spacial score (nSPS) is 17.8. The zero-order chi connectivity index (χ0) is 18.1. The molecule has 4 nitrogen and oxygen atoms in total. The minimum absolute atomic E-state index is 0.0415. The molecule has 1 aliphatic heterocycles. The smallest absolute Gasteiger partial charge is 0.256 e. The van der Waals surface area contributed by atoms with Crippen LogP contribution in [0.1, 0.15) is 39.2 Å². The van der Waals surface area contributed by atoms with Crippen LogP contribution in [0.3, 0.4) is 0 Å². The van der Waals surface area contributed by atoms with Crippen LogP contribution in [0, 0.1) is 6.92 Å². The van der Waals surface area contributed by atoms with Crippen LogP contribution in [0.25, 0.3) is 0 Å². The van der Waals surface area contributed by atoms with Gasteiger partial charge >= 0.3 is 0 Å². The molecule has 0 spiro atoms. The van der Waals surface area contributed by atoms with E-state index in [1.165, 1.54) is 29.0 Å². The van der Waals surface area contributed by atoms with E-state index in [0.717, 1.165) is 55.8 Å². The van der Waals surface area contributed by atoms with Crippen molar-refractivity contribution in [2.45, 2.75) is 32.6 Å². The standard InChI is InChI=1S/C21H27N3OS/c1-15-13-16(24-11-9-23(2)10-12-24)7-8-19(15)22-21(25)18-14-26-20-6-4-3-5-17(18)20/h7-8,13-14H,3-6,9-12H2,1-2H3,(H,22,25). The molecule has 1 aromatic heterocycles. The predicted molar refractivity (Wildman–Crippen MR) is 110 cm³/mol. The summed E-state index contributed by atoms with van der Waals surface area (Å²) in [6, 6.07) is 6.39. The maximum atomic E-state index is 12.8. The van der Waals surface area contributed by atoms with Crippen molar-refractivity contribution in [1.29, 1.82) is 0 Å². The fraction of sp³-hybridized carbons (Fsp3) is 0.476. The molecule has 5 heteroatoms. The van der Waals surface area contributed by atoms with Gasteiger partial charge in [-0.05, 0) is 69.0 Å². The Hall–Kier alpha value is -1.85. The SMILES string of the molecule is Cc1cc(N2CCN(C)CC2)ccc1NC(=O)c1csc2c1CCCC2. The summed E-state index contributed by atoms with van der Waals surface area (Å²) in [7, 11) is 2.17. The average Bonchev–Trinajstić information content (AvgIpc) is 3.08. The van der Waals surface area contributed by atoms with Gasteiger partial charge in [0.05, 0.1) is 5.56 Å². The van der Waals surface area contributed by atoms with Gasteiger partial charge in [-0.2, -0.15) is 0 Å². The minimum Gasteiger partial charge on any atom is -0.369 e. The molecule has 0 bridgehead atoms. The zero-order valence-corrected chi connectivity index (χ0v) is 16.5.